The van der Waals surface area contributed by atoms with Crippen LogP contribution in [0.4, 0.5) is 0 Å². The van der Waals surface area contributed by atoms with Crippen molar-refractivity contribution < 1.29 is 9.90 Å². The summed E-state index contributed by atoms with van der Waals surface area (Å²) in [5, 5.41) is 9.04. The molecule has 0 aliphatic rings. The van der Waals surface area contributed by atoms with Crippen molar-refractivity contribution in [2.24, 2.45) is 0 Å². The highest BCUT2D eigenvalue weighted by Crippen LogP contribution is 2.22. The van der Waals surface area contributed by atoms with E-state index in [-0.39, 0.29) is 5.41 Å². The Morgan fingerprint density at radius 3 is 2.56 bits per heavy atom. The van der Waals surface area contributed by atoms with Crippen molar-refractivity contribution in [2.45, 2.75) is 45.4 Å². The van der Waals surface area contributed by atoms with Crippen molar-refractivity contribution >= 4 is 5.97 Å². The van der Waals surface area contributed by atoms with Crippen molar-refractivity contribution in [3.63, 3.8) is 0 Å². The van der Waals surface area contributed by atoms with Crippen molar-refractivity contribution in [1.82, 2.24) is 9.97 Å². The van der Waals surface area contributed by atoms with Gasteiger partial charge >= 0.3 is 5.97 Å². The molecule has 0 aliphatic carbocycles. The lowest BCUT2D eigenvalue weighted by Gasteiger charge is -2.19. The van der Waals surface area contributed by atoms with E-state index in [2.05, 4.69) is 9.97 Å². The lowest BCUT2D eigenvalue weighted by Crippen LogP contribution is -2.19. The van der Waals surface area contributed by atoms with Gasteiger partial charge in [0, 0.05) is 17.3 Å². The van der Waals surface area contributed by atoms with Gasteiger partial charge in [0.1, 0.15) is 11.7 Å². The minimum Gasteiger partial charge on any atom is -0.481 e. The minimum absolute atomic E-state index is 0.0888. The quantitative estimate of drug-likeness (QED) is 0.852. The average Bonchev–Trinajstić information content (AvgIpc) is 2.17. The van der Waals surface area contributed by atoms with Crippen LogP contribution in [0.3, 0.4) is 0 Å². The van der Waals surface area contributed by atoms with Gasteiger partial charge in [0.25, 0.3) is 0 Å². The topological polar surface area (TPSA) is 63.1 Å². The largest absolute Gasteiger partial charge is 0.481 e. The molecule has 1 aromatic heterocycles. The molecule has 0 saturated carbocycles. The zero-order valence-corrected chi connectivity index (χ0v) is 10.2. The van der Waals surface area contributed by atoms with Gasteiger partial charge in [0.2, 0.25) is 0 Å². The number of aliphatic carboxylic acids is 1. The molecule has 1 rings (SSSR count). The molecule has 0 fully saturated rings. The number of carboxylic acids is 1. The highest BCUT2D eigenvalue weighted by atomic mass is 16.4. The van der Waals surface area contributed by atoms with E-state index in [9.17, 15) is 4.79 Å². The predicted octanol–water partition coefficient (Wildman–Crippen LogP) is 2.35. The van der Waals surface area contributed by atoms with Crippen LogP contribution in [0, 0.1) is 0 Å². The SMILES string of the molecule is CCC(C(=O)O)c1nccc(C(C)(C)C)n1. The van der Waals surface area contributed by atoms with Gasteiger partial charge in [-0.1, -0.05) is 27.7 Å². The summed E-state index contributed by atoms with van der Waals surface area (Å²) in [6, 6.07) is 1.83. The molecule has 0 radical (unpaired) electrons. The van der Waals surface area contributed by atoms with Gasteiger partial charge < -0.3 is 5.11 Å². The van der Waals surface area contributed by atoms with Gasteiger partial charge in [-0.15, -0.1) is 0 Å². The van der Waals surface area contributed by atoms with E-state index in [1.54, 1.807) is 6.20 Å². The molecule has 16 heavy (non-hydrogen) atoms. The fourth-order valence-corrected chi connectivity index (χ4v) is 1.43. The van der Waals surface area contributed by atoms with E-state index in [0.29, 0.717) is 12.2 Å². The maximum atomic E-state index is 11.0. The molecule has 0 spiro atoms. The van der Waals surface area contributed by atoms with Crippen molar-refractivity contribution in [3.8, 4) is 0 Å². The zero-order valence-electron chi connectivity index (χ0n) is 10.2. The minimum atomic E-state index is -0.867. The van der Waals surface area contributed by atoms with Crippen LogP contribution in [0.1, 0.15) is 51.6 Å². The third-order valence-corrected chi connectivity index (χ3v) is 2.46. The van der Waals surface area contributed by atoms with E-state index in [4.69, 9.17) is 5.11 Å². The number of rotatable bonds is 3. The van der Waals surface area contributed by atoms with Crippen LogP contribution >= 0.6 is 0 Å². The molecule has 1 aromatic rings. The highest BCUT2D eigenvalue weighted by molar-refractivity contribution is 5.74. The van der Waals surface area contributed by atoms with Crippen LogP contribution in [0.15, 0.2) is 12.3 Å². The smallest absolute Gasteiger partial charge is 0.314 e. The Morgan fingerprint density at radius 1 is 1.50 bits per heavy atom. The number of hydrogen-bond donors (Lipinski definition) is 1. The lowest BCUT2D eigenvalue weighted by molar-refractivity contribution is -0.139. The molecule has 4 nitrogen and oxygen atoms in total. The molecular weight excluding hydrogens is 204 g/mol. The summed E-state index contributed by atoms with van der Waals surface area (Å²) in [5.41, 5.74) is 0.784. The highest BCUT2D eigenvalue weighted by Gasteiger charge is 2.23. The van der Waals surface area contributed by atoms with Crippen LogP contribution in [0.5, 0.6) is 0 Å². The number of nitrogens with zero attached hydrogens (tertiary/aromatic N) is 2. The molecule has 1 unspecified atom stereocenters. The normalized spacial score (nSPS) is 13.5. The van der Waals surface area contributed by atoms with Crippen molar-refractivity contribution in [1.29, 1.82) is 0 Å². The molecule has 88 valence electrons. The van der Waals surface area contributed by atoms with E-state index in [0.717, 1.165) is 5.69 Å². The number of aromatic nitrogens is 2. The second kappa shape index (κ2) is 4.60. The standard InChI is InChI=1S/C12H18N2O2/c1-5-8(11(15)16)10-13-7-6-9(14-10)12(2,3)4/h6-8H,5H2,1-4H3,(H,15,16). The van der Waals surface area contributed by atoms with Gasteiger partial charge in [0.15, 0.2) is 0 Å². The van der Waals surface area contributed by atoms with Gasteiger partial charge in [-0.05, 0) is 12.5 Å². The monoisotopic (exact) mass is 222 g/mol. The lowest BCUT2D eigenvalue weighted by atomic mass is 9.92. The summed E-state index contributed by atoms with van der Waals surface area (Å²) in [6.07, 6.45) is 2.14. The third kappa shape index (κ3) is 2.78. The summed E-state index contributed by atoms with van der Waals surface area (Å²) in [5.74, 6) is -1.07. The maximum Gasteiger partial charge on any atom is 0.314 e. The number of carboxylic acid groups (broad SMARTS) is 1. The molecule has 0 aromatic carbocycles. The van der Waals surface area contributed by atoms with E-state index in [1.165, 1.54) is 0 Å². The van der Waals surface area contributed by atoms with Gasteiger partial charge in [-0.3, -0.25) is 4.79 Å². The first kappa shape index (κ1) is 12.6. The summed E-state index contributed by atoms with van der Waals surface area (Å²) in [4.78, 5) is 19.4. The van der Waals surface area contributed by atoms with Crippen LogP contribution in [0.2, 0.25) is 0 Å². The van der Waals surface area contributed by atoms with Crippen LogP contribution < -0.4 is 0 Å². The van der Waals surface area contributed by atoms with E-state index < -0.39 is 11.9 Å². The first-order chi connectivity index (χ1) is 7.36. The van der Waals surface area contributed by atoms with Gasteiger partial charge in [-0.2, -0.15) is 0 Å². The van der Waals surface area contributed by atoms with Gasteiger partial charge in [0.05, 0.1) is 0 Å². The molecule has 0 bridgehead atoms. The Balaban J connectivity index is 3.11. The molecule has 4 heteroatoms. The van der Waals surface area contributed by atoms with E-state index in [1.807, 2.05) is 33.8 Å². The second-order valence-electron chi connectivity index (χ2n) is 4.85. The Labute approximate surface area is 95.7 Å². The Kier molecular flexibility index (Phi) is 3.62. The Hall–Kier alpha value is -1.45. The third-order valence-electron chi connectivity index (χ3n) is 2.46. The number of hydrogen-bond acceptors (Lipinski definition) is 3. The first-order valence-electron chi connectivity index (χ1n) is 5.42. The van der Waals surface area contributed by atoms with Crippen molar-refractivity contribution in [3.05, 3.63) is 23.8 Å². The Bertz CT molecular complexity index is 383. The summed E-state index contributed by atoms with van der Waals surface area (Å²) in [6.45, 7) is 7.95. The summed E-state index contributed by atoms with van der Waals surface area (Å²) >= 11 is 0. The van der Waals surface area contributed by atoms with Crippen LogP contribution in [-0.2, 0) is 10.2 Å². The Morgan fingerprint density at radius 2 is 2.12 bits per heavy atom. The summed E-state index contributed by atoms with van der Waals surface area (Å²) in [7, 11) is 0. The fourth-order valence-electron chi connectivity index (χ4n) is 1.43. The molecular formula is C12H18N2O2. The molecule has 1 atom stereocenters. The second-order valence-corrected chi connectivity index (χ2v) is 4.85. The molecule has 0 saturated heterocycles. The number of carbonyl (C=O) groups is 1. The molecule has 0 aliphatic heterocycles. The maximum absolute atomic E-state index is 11.0. The average molecular weight is 222 g/mol. The molecule has 1 heterocycles. The predicted molar refractivity (Wildman–Crippen MR) is 61.4 cm³/mol. The van der Waals surface area contributed by atoms with Crippen LogP contribution in [0.25, 0.3) is 0 Å². The fraction of sp³-hybridized carbons (Fsp3) is 0.583. The van der Waals surface area contributed by atoms with E-state index >= 15 is 0 Å². The molecule has 0 amide bonds. The van der Waals surface area contributed by atoms with Crippen molar-refractivity contribution in [2.75, 3.05) is 0 Å². The van der Waals surface area contributed by atoms with Crippen LogP contribution in [-0.4, -0.2) is 21.0 Å². The zero-order chi connectivity index (χ0) is 12.3. The summed E-state index contributed by atoms with van der Waals surface area (Å²) < 4.78 is 0. The first-order valence-corrected chi connectivity index (χ1v) is 5.42. The molecule has 1 N–H and O–H groups in total. The van der Waals surface area contributed by atoms with Gasteiger partial charge in [-0.25, -0.2) is 9.97 Å².